The van der Waals surface area contributed by atoms with Crippen LogP contribution in [0.5, 0.6) is 5.75 Å². The smallest absolute Gasteiger partial charge is 0.341 e. The zero-order valence-electron chi connectivity index (χ0n) is 11.1. The maximum atomic E-state index is 13.8. The fourth-order valence-corrected chi connectivity index (χ4v) is 1.27. The summed E-state index contributed by atoms with van der Waals surface area (Å²) < 4.78 is 49.4. The molecule has 0 amide bonds. The third-order valence-corrected chi connectivity index (χ3v) is 2.18. The van der Waals surface area contributed by atoms with Crippen molar-refractivity contribution >= 4 is 5.97 Å². The number of ether oxygens (including phenoxy) is 2. The van der Waals surface area contributed by atoms with Crippen molar-refractivity contribution < 1.29 is 27.4 Å². The monoisotopic (exact) mass is 276 g/mol. The zero-order chi connectivity index (χ0) is 14.8. The molecule has 1 aromatic rings. The molecule has 0 spiro atoms. The fraction of sp³-hybridized carbons (Fsp3) is 0.462. The van der Waals surface area contributed by atoms with Gasteiger partial charge in [0.1, 0.15) is 5.56 Å². The van der Waals surface area contributed by atoms with E-state index >= 15 is 0 Å². The van der Waals surface area contributed by atoms with Crippen LogP contribution in [0, 0.1) is 22.9 Å². The van der Waals surface area contributed by atoms with E-state index in [0.29, 0.717) is 6.07 Å². The fourth-order valence-electron chi connectivity index (χ4n) is 1.27. The Hall–Kier alpha value is -1.72. The van der Waals surface area contributed by atoms with Gasteiger partial charge in [-0.25, -0.2) is 13.6 Å². The number of rotatable bonds is 3. The molecule has 6 heteroatoms. The molecule has 19 heavy (non-hydrogen) atoms. The number of methoxy groups -OCH3 is 1. The van der Waals surface area contributed by atoms with Crippen molar-refractivity contribution in [1.29, 1.82) is 0 Å². The van der Waals surface area contributed by atoms with E-state index in [1.807, 2.05) is 20.8 Å². The minimum Gasteiger partial charge on any atom is -0.491 e. The molecule has 0 saturated heterocycles. The van der Waals surface area contributed by atoms with Gasteiger partial charge in [0, 0.05) is 0 Å². The largest absolute Gasteiger partial charge is 0.491 e. The Balaban J connectivity index is 3.07. The highest BCUT2D eigenvalue weighted by Crippen LogP contribution is 2.27. The molecule has 0 radical (unpaired) electrons. The summed E-state index contributed by atoms with van der Waals surface area (Å²) in [5, 5.41) is 0. The lowest BCUT2D eigenvalue weighted by Crippen LogP contribution is -2.19. The third-order valence-electron chi connectivity index (χ3n) is 2.18. The minimum atomic E-state index is -1.48. The maximum absolute atomic E-state index is 13.8. The molecule has 1 aromatic carbocycles. The Morgan fingerprint density at radius 3 is 2.26 bits per heavy atom. The second-order valence-corrected chi connectivity index (χ2v) is 5.20. The molecule has 0 atom stereocenters. The molecule has 0 saturated carbocycles. The minimum absolute atomic E-state index is 0.0204. The number of halogens is 3. The van der Waals surface area contributed by atoms with Gasteiger partial charge in [0.15, 0.2) is 17.4 Å². The summed E-state index contributed by atoms with van der Waals surface area (Å²) in [4.78, 5) is 11.6. The van der Waals surface area contributed by atoms with E-state index in [9.17, 15) is 18.0 Å². The first-order valence-corrected chi connectivity index (χ1v) is 5.56. The lowest BCUT2D eigenvalue weighted by Gasteiger charge is -2.18. The van der Waals surface area contributed by atoms with Gasteiger partial charge in [0.2, 0.25) is 5.82 Å². The molecule has 1 rings (SSSR count). The van der Waals surface area contributed by atoms with Gasteiger partial charge in [-0.2, -0.15) is 4.39 Å². The van der Waals surface area contributed by atoms with Crippen LogP contribution >= 0.6 is 0 Å². The van der Waals surface area contributed by atoms with E-state index < -0.39 is 34.7 Å². The summed E-state index contributed by atoms with van der Waals surface area (Å²) in [6.07, 6.45) is 0. The predicted octanol–water partition coefficient (Wildman–Crippen LogP) is 3.32. The average molecular weight is 276 g/mol. The summed E-state index contributed by atoms with van der Waals surface area (Å²) in [6, 6.07) is 0.457. The van der Waals surface area contributed by atoms with Crippen molar-refractivity contribution in [1.82, 2.24) is 0 Å². The molecular formula is C13H15F3O3. The van der Waals surface area contributed by atoms with Crippen LogP contribution in [0.1, 0.15) is 31.1 Å². The Morgan fingerprint density at radius 1 is 1.21 bits per heavy atom. The first-order chi connectivity index (χ1) is 8.67. The van der Waals surface area contributed by atoms with Gasteiger partial charge in [-0.3, -0.25) is 0 Å². The van der Waals surface area contributed by atoms with Gasteiger partial charge < -0.3 is 9.47 Å². The van der Waals surface area contributed by atoms with Crippen molar-refractivity contribution in [2.45, 2.75) is 20.8 Å². The Labute approximate surface area is 109 Å². The van der Waals surface area contributed by atoms with E-state index in [0.717, 1.165) is 7.11 Å². The number of carbonyl (C=O) groups is 1. The molecule has 0 unspecified atom stereocenters. The van der Waals surface area contributed by atoms with Crippen LogP contribution in [0.3, 0.4) is 0 Å². The molecule has 0 aliphatic heterocycles. The molecule has 0 aliphatic carbocycles. The summed E-state index contributed by atoms with van der Waals surface area (Å²) in [6.45, 7) is 5.44. The van der Waals surface area contributed by atoms with Crippen molar-refractivity contribution in [3.05, 3.63) is 29.1 Å². The Kier molecular flexibility index (Phi) is 4.44. The molecular weight excluding hydrogens is 261 g/mol. The standard InChI is InChI=1S/C13H15F3O3/c1-13(2,3)6-19-12(17)7-5-8(14)10(16)11(18-4)9(7)15/h5H,6H2,1-4H3. The third kappa shape index (κ3) is 3.62. The van der Waals surface area contributed by atoms with Crippen LogP contribution in [0.15, 0.2) is 6.07 Å². The van der Waals surface area contributed by atoms with Gasteiger partial charge in [0.25, 0.3) is 0 Å². The summed E-state index contributed by atoms with van der Waals surface area (Å²) in [5.41, 5.74) is -1.02. The number of hydrogen-bond donors (Lipinski definition) is 0. The average Bonchev–Trinajstić information content (AvgIpc) is 2.30. The highest BCUT2D eigenvalue weighted by molar-refractivity contribution is 5.90. The number of carbonyl (C=O) groups excluding carboxylic acids is 1. The van der Waals surface area contributed by atoms with Crippen molar-refractivity contribution in [2.75, 3.05) is 13.7 Å². The van der Waals surface area contributed by atoms with Crippen molar-refractivity contribution in [2.24, 2.45) is 5.41 Å². The van der Waals surface area contributed by atoms with Crippen LogP contribution in [0.25, 0.3) is 0 Å². The van der Waals surface area contributed by atoms with E-state index in [4.69, 9.17) is 4.74 Å². The molecule has 106 valence electrons. The zero-order valence-corrected chi connectivity index (χ0v) is 11.1. The van der Waals surface area contributed by atoms with Gasteiger partial charge in [-0.1, -0.05) is 20.8 Å². The molecule has 0 heterocycles. The molecule has 0 aromatic heterocycles. The normalized spacial score (nSPS) is 11.3. The lowest BCUT2D eigenvalue weighted by molar-refractivity contribution is 0.0360. The van der Waals surface area contributed by atoms with E-state index in [1.165, 1.54) is 0 Å². The highest BCUT2D eigenvalue weighted by atomic mass is 19.2. The highest BCUT2D eigenvalue weighted by Gasteiger charge is 2.25. The van der Waals surface area contributed by atoms with Crippen LogP contribution in [-0.4, -0.2) is 19.7 Å². The molecule has 0 bridgehead atoms. The van der Waals surface area contributed by atoms with Gasteiger partial charge in [-0.05, 0) is 11.5 Å². The second kappa shape index (κ2) is 5.50. The van der Waals surface area contributed by atoms with Crippen LogP contribution in [0.4, 0.5) is 13.2 Å². The van der Waals surface area contributed by atoms with Crippen LogP contribution < -0.4 is 4.74 Å². The molecule has 0 N–H and O–H groups in total. The van der Waals surface area contributed by atoms with E-state index in [1.54, 1.807) is 0 Å². The Bertz CT molecular complexity index is 493. The Morgan fingerprint density at radius 2 is 1.79 bits per heavy atom. The number of hydrogen-bond acceptors (Lipinski definition) is 3. The molecule has 3 nitrogen and oxygen atoms in total. The lowest BCUT2D eigenvalue weighted by atomic mass is 9.99. The van der Waals surface area contributed by atoms with Crippen molar-refractivity contribution in [3.63, 3.8) is 0 Å². The molecule has 0 aliphatic rings. The van der Waals surface area contributed by atoms with E-state index in [2.05, 4.69) is 4.74 Å². The maximum Gasteiger partial charge on any atom is 0.341 e. The quantitative estimate of drug-likeness (QED) is 0.627. The second-order valence-electron chi connectivity index (χ2n) is 5.20. The number of esters is 1. The van der Waals surface area contributed by atoms with Crippen LogP contribution in [0.2, 0.25) is 0 Å². The van der Waals surface area contributed by atoms with Gasteiger partial charge >= 0.3 is 5.97 Å². The van der Waals surface area contributed by atoms with Gasteiger partial charge in [-0.15, -0.1) is 0 Å². The van der Waals surface area contributed by atoms with Gasteiger partial charge in [0.05, 0.1) is 13.7 Å². The summed E-state index contributed by atoms with van der Waals surface area (Å²) in [5.74, 6) is -6.14. The first kappa shape index (κ1) is 15.3. The summed E-state index contributed by atoms with van der Waals surface area (Å²) >= 11 is 0. The number of benzene rings is 1. The topological polar surface area (TPSA) is 35.5 Å². The van der Waals surface area contributed by atoms with E-state index in [-0.39, 0.29) is 12.0 Å². The first-order valence-electron chi connectivity index (χ1n) is 5.56. The predicted molar refractivity (Wildman–Crippen MR) is 62.6 cm³/mol. The van der Waals surface area contributed by atoms with Crippen LogP contribution in [-0.2, 0) is 4.74 Å². The molecule has 0 fully saturated rings. The summed E-state index contributed by atoms with van der Waals surface area (Å²) in [7, 11) is 0.977. The SMILES string of the molecule is COc1c(F)c(F)cc(C(=O)OCC(C)(C)C)c1F. The van der Waals surface area contributed by atoms with Crippen molar-refractivity contribution in [3.8, 4) is 5.75 Å².